The molecule has 21 heavy (non-hydrogen) atoms. The second kappa shape index (κ2) is 8.19. The largest absolute Gasteiger partial charge is 0.309 e. The van der Waals surface area contributed by atoms with Crippen molar-refractivity contribution < 1.29 is 4.39 Å². The number of halogens is 1. The Hall–Kier alpha value is -0.540. The van der Waals surface area contributed by atoms with E-state index < -0.39 is 0 Å². The Morgan fingerprint density at radius 1 is 1.24 bits per heavy atom. The third-order valence-corrected chi connectivity index (χ3v) is 6.16. The minimum atomic E-state index is -0.149. The molecule has 0 radical (unpaired) electrons. The van der Waals surface area contributed by atoms with Gasteiger partial charge in [-0.2, -0.15) is 11.8 Å². The molecular formula is C18H28FNS. The molecule has 1 atom stereocenters. The highest BCUT2D eigenvalue weighted by Gasteiger charge is 2.33. The van der Waals surface area contributed by atoms with Crippen LogP contribution in [0.3, 0.4) is 0 Å². The standard InChI is InChI=1S/C18H28FNS/c1-3-4-7-17(15-8-10-16(19)11-9-15)20-14-18(21-2)12-5-6-13-18/h8-11,17,20H,3-7,12-14H2,1-2H3. The summed E-state index contributed by atoms with van der Waals surface area (Å²) in [6, 6.07) is 7.38. The van der Waals surface area contributed by atoms with E-state index >= 15 is 0 Å². The summed E-state index contributed by atoms with van der Waals surface area (Å²) in [5.41, 5.74) is 1.22. The number of nitrogens with one attached hydrogen (secondary N) is 1. The Bertz CT molecular complexity index is 412. The third kappa shape index (κ3) is 4.72. The van der Waals surface area contributed by atoms with E-state index in [9.17, 15) is 4.39 Å². The van der Waals surface area contributed by atoms with E-state index in [1.165, 1.54) is 44.1 Å². The van der Waals surface area contributed by atoms with Crippen LogP contribution in [0, 0.1) is 5.82 Å². The van der Waals surface area contributed by atoms with E-state index in [1.807, 2.05) is 23.9 Å². The van der Waals surface area contributed by atoms with Gasteiger partial charge in [0.25, 0.3) is 0 Å². The van der Waals surface area contributed by atoms with Crippen LogP contribution in [-0.2, 0) is 0 Å². The molecule has 0 amide bonds. The lowest BCUT2D eigenvalue weighted by molar-refractivity contribution is 0.437. The Morgan fingerprint density at radius 3 is 2.48 bits per heavy atom. The quantitative estimate of drug-likeness (QED) is 0.697. The average Bonchev–Trinajstić information content (AvgIpc) is 2.98. The normalized spacial score (nSPS) is 18.8. The van der Waals surface area contributed by atoms with Crippen molar-refractivity contribution >= 4 is 11.8 Å². The summed E-state index contributed by atoms with van der Waals surface area (Å²) >= 11 is 2.02. The molecule has 1 nitrogen and oxygen atoms in total. The lowest BCUT2D eigenvalue weighted by Gasteiger charge is -2.30. The summed E-state index contributed by atoms with van der Waals surface area (Å²) in [7, 11) is 0. The smallest absolute Gasteiger partial charge is 0.123 e. The number of rotatable bonds is 8. The zero-order valence-corrected chi connectivity index (χ0v) is 14.1. The average molecular weight is 309 g/mol. The van der Waals surface area contributed by atoms with Gasteiger partial charge in [0.05, 0.1) is 0 Å². The highest BCUT2D eigenvalue weighted by Crippen LogP contribution is 2.40. The zero-order valence-electron chi connectivity index (χ0n) is 13.3. The fourth-order valence-corrected chi connectivity index (χ4v) is 4.20. The highest BCUT2D eigenvalue weighted by atomic mass is 32.2. The van der Waals surface area contributed by atoms with Gasteiger partial charge in [-0.1, -0.05) is 44.7 Å². The van der Waals surface area contributed by atoms with Crippen LogP contribution in [0.4, 0.5) is 4.39 Å². The number of hydrogen-bond donors (Lipinski definition) is 1. The molecule has 1 fully saturated rings. The van der Waals surface area contributed by atoms with E-state index in [2.05, 4.69) is 18.5 Å². The van der Waals surface area contributed by atoms with E-state index in [0.29, 0.717) is 10.8 Å². The predicted octanol–water partition coefficient (Wildman–Crippen LogP) is 5.32. The van der Waals surface area contributed by atoms with Crippen molar-refractivity contribution in [3.8, 4) is 0 Å². The monoisotopic (exact) mass is 309 g/mol. The molecule has 118 valence electrons. The Morgan fingerprint density at radius 2 is 1.90 bits per heavy atom. The number of unbranched alkanes of at least 4 members (excludes halogenated alkanes) is 1. The van der Waals surface area contributed by atoms with Crippen molar-refractivity contribution in [2.75, 3.05) is 12.8 Å². The molecule has 1 aromatic carbocycles. The minimum Gasteiger partial charge on any atom is -0.309 e. The Kier molecular flexibility index (Phi) is 6.56. The van der Waals surface area contributed by atoms with Crippen LogP contribution in [0.15, 0.2) is 24.3 Å². The summed E-state index contributed by atoms with van der Waals surface area (Å²) in [5, 5.41) is 3.78. The molecule has 1 saturated carbocycles. The maximum Gasteiger partial charge on any atom is 0.123 e. The summed E-state index contributed by atoms with van der Waals surface area (Å²) < 4.78 is 13.5. The molecule has 1 unspecified atom stereocenters. The number of benzene rings is 1. The van der Waals surface area contributed by atoms with Gasteiger partial charge in [0.15, 0.2) is 0 Å². The van der Waals surface area contributed by atoms with E-state index in [0.717, 1.165) is 13.0 Å². The fraction of sp³-hybridized carbons (Fsp3) is 0.667. The highest BCUT2D eigenvalue weighted by molar-refractivity contribution is 8.00. The van der Waals surface area contributed by atoms with Gasteiger partial charge >= 0.3 is 0 Å². The van der Waals surface area contributed by atoms with Crippen LogP contribution in [0.25, 0.3) is 0 Å². The van der Waals surface area contributed by atoms with Crippen molar-refractivity contribution in [2.24, 2.45) is 0 Å². The molecular weight excluding hydrogens is 281 g/mol. The minimum absolute atomic E-state index is 0.149. The van der Waals surface area contributed by atoms with Crippen molar-refractivity contribution in [3.63, 3.8) is 0 Å². The maximum absolute atomic E-state index is 13.1. The molecule has 1 aliphatic carbocycles. The van der Waals surface area contributed by atoms with E-state index in [-0.39, 0.29) is 5.82 Å². The summed E-state index contributed by atoms with van der Waals surface area (Å²) in [4.78, 5) is 0. The van der Waals surface area contributed by atoms with Gasteiger partial charge in [-0.3, -0.25) is 0 Å². The van der Waals surface area contributed by atoms with Gasteiger partial charge in [-0.15, -0.1) is 0 Å². The molecule has 0 bridgehead atoms. The molecule has 0 aliphatic heterocycles. The van der Waals surface area contributed by atoms with Gasteiger partial charge < -0.3 is 5.32 Å². The zero-order chi connectivity index (χ0) is 15.1. The van der Waals surface area contributed by atoms with Crippen molar-refractivity contribution in [1.82, 2.24) is 5.32 Å². The topological polar surface area (TPSA) is 12.0 Å². The fourth-order valence-electron chi connectivity index (χ4n) is 3.27. The Balaban J connectivity index is 2.00. The molecule has 0 heterocycles. The molecule has 1 N–H and O–H groups in total. The van der Waals surface area contributed by atoms with Crippen LogP contribution < -0.4 is 5.32 Å². The van der Waals surface area contributed by atoms with E-state index in [1.54, 1.807) is 12.1 Å². The van der Waals surface area contributed by atoms with Crippen LogP contribution in [0.2, 0.25) is 0 Å². The molecule has 0 spiro atoms. The van der Waals surface area contributed by atoms with Gasteiger partial charge in [0.2, 0.25) is 0 Å². The molecule has 1 aromatic rings. The van der Waals surface area contributed by atoms with Gasteiger partial charge in [0.1, 0.15) is 5.82 Å². The SMILES string of the molecule is CCCCC(NCC1(SC)CCCC1)c1ccc(F)cc1. The summed E-state index contributed by atoms with van der Waals surface area (Å²) in [5.74, 6) is -0.149. The number of thioether (sulfide) groups is 1. The molecule has 2 rings (SSSR count). The van der Waals surface area contributed by atoms with Crippen LogP contribution in [-0.4, -0.2) is 17.5 Å². The first kappa shape index (κ1) is 16.8. The molecule has 0 saturated heterocycles. The van der Waals surface area contributed by atoms with Crippen LogP contribution in [0.1, 0.15) is 63.5 Å². The van der Waals surface area contributed by atoms with Gasteiger partial charge in [0, 0.05) is 17.3 Å². The van der Waals surface area contributed by atoms with Gasteiger partial charge in [-0.25, -0.2) is 4.39 Å². The van der Waals surface area contributed by atoms with Crippen LogP contribution in [0.5, 0.6) is 0 Å². The van der Waals surface area contributed by atoms with Gasteiger partial charge in [-0.05, 0) is 43.2 Å². The second-order valence-corrected chi connectivity index (χ2v) is 7.50. The third-order valence-electron chi connectivity index (χ3n) is 4.74. The first-order valence-corrected chi connectivity index (χ1v) is 9.45. The lowest BCUT2D eigenvalue weighted by atomic mass is 9.99. The molecule has 3 heteroatoms. The molecule has 1 aliphatic rings. The predicted molar refractivity (Wildman–Crippen MR) is 91.4 cm³/mol. The van der Waals surface area contributed by atoms with Crippen LogP contribution >= 0.6 is 11.8 Å². The second-order valence-electron chi connectivity index (χ2n) is 6.22. The summed E-state index contributed by atoms with van der Waals surface area (Å²) in [6.07, 6.45) is 11.2. The van der Waals surface area contributed by atoms with Crippen molar-refractivity contribution in [3.05, 3.63) is 35.6 Å². The first-order valence-electron chi connectivity index (χ1n) is 8.23. The van der Waals surface area contributed by atoms with Crippen molar-refractivity contribution in [1.29, 1.82) is 0 Å². The Labute approximate surface area is 133 Å². The lowest BCUT2D eigenvalue weighted by Crippen LogP contribution is -2.37. The first-order chi connectivity index (χ1) is 10.2. The summed E-state index contributed by atoms with van der Waals surface area (Å²) in [6.45, 7) is 3.29. The molecule has 0 aromatic heterocycles. The number of hydrogen-bond acceptors (Lipinski definition) is 2. The maximum atomic E-state index is 13.1. The van der Waals surface area contributed by atoms with E-state index in [4.69, 9.17) is 0 Å². The van der Waals surface area contributed by atoms with Crippen molar-refractivity contribution in [2.45, 2.75) is 62.7 Å².